The number of benzene rings is 2. The van der Waals surface area contributed by atoms with Gasteiger partial charge in [-0.05, 0) is 86.2 Å². The summed E-state index contributed by atoms with van der Waals surface area (Å²) in [6, 6.07) is 8.88. The Morgan fingerprint density at radius 2 is 1.38 bits per heavy atom. The highest BCUT2D eigenvalue weighted by Crippen LogP contribution is 2.28. The summed E-state index contributed by atoms with van der Waals surface area (Å²) in [5.41, 5.74) is 7.94. The third kappa shape index (κ3) is 3.98. The van der Waals surface area contributed by atoms with Gasteiger partial charge in [0.1, 0.15) is 5.16 Å². The molecular weight excluding hydrogens is 320 g/mol. The minimum Gasteiger partial charge on any atom is -0.308 e. The van der Waals surface area contributed by atoms with Crippen molar-refractivity contribution in [1.29, 1.82) is 0 Å². The maximum absolute atomic E-state index is 12.0. The van der Waals surface area contributed by atoms with Crippen molar-refractivity contribution in [3.8, 4) is 0 Å². The fourth-order valence-corrected chi connectivity index (χ4v) is 2.90. The summed E-state index contributed by atoms with van der Waals surface area (Å²) in [4.78, 5) is 12.0. The van der Waals surface area contributed by atoms with Crippen molar-refractivity contribution in [1.82, 2.24) is 5.32 Å². The van der Waals surface area contributed by atoms with Gasteiger partial charge in [-0.25, -0.2) is 4.79 Å². The highest BCUT2D eigenvalue weighted by atomic mass is 35.5. The summed E-state index contributed by atoms with van der Waals surface area (Å²) in [6.07, 6.45) is 1.82. The largest absolute Gasteiger partial charge is 0.324 e. The molecule has 0 unspecified atom stereocenters. The molecule has 0 atom stereocenters. The number of urea groups is 1. The quantitative estimate of drug-likeness (QED) is 0.701. The van der Waals surface area contributed by atoms with Crippen LogP contribution >= 0.6 is 11.6 Å². The number of rotatable bonds is 3. The zero-order chi connectivity index (χ0) is 17.9. The van der Waals surface area contributed by atoms with Gasteiger partial charge in [-0.2, -0.15) is 0 Å². The molecule has 2 N–H and O–H groups in total. The zero-order valence-electron chi connectivity index (χ0n) is 14.8. The minimum atomic E-state index is -0.363. The Labute approximate surface area is 148 Å². The molecule has 4 heteroatoms. The van der Waals surface area contributed by atoms with Crippen LogP contribution in [0.3, 0.4) is 0 Å². The van der Waals surface area contributed by atoms with E-state index in [2.05, 4.69) is 45.3 Å². The molecule has 2 rings (SSSR count). The number of nitrogens with one attached hydrogen (secondary N) is 2. The van der Waals surface area contributed by atoms with E-state index in [-0.39, 0.29) is 11.2 Å². The second-order valence-electron chi connectivity index (χ2n) is 5.98. The molecule has 0 aromatic heterocycles. The van der Waals surface area contributed by atoms with Gasteiger partial charge in [-0.1, -0.05) is 29.8 Å². The molecule has 0 heterocycles. The molecule has 0 bridgehead atoms. The van der Waals surface area contributed by atoms with E-state index < -0.39 is 0 Å². The van der Waals surface area contributed by atoms with Crippen molar-refractivity contribution < 1.29 is 4.79 Å². The Balaban J connectivity index is 2.21. The fourth-order valence-electron chi connectivity index (χ4n) is 2.70. The Morgan fingerprint density at radius 1 is 0.875 bits per heavy atom. The van der Waals surface area contributed by atoms with E-state index in [1.165, 1.54) is 27.8 Å². The number of anilines is 1. The van der Waals surface area contributed by atoms with E-state index in [1.807, 2.05) is 36.4 Å². The van der Waals surface area contributed by atoms with E-state index in [0.717, 1.165) is 5.56 Å². The lowest BCUT2D eigenvalue weighted by Crippen LogP contribution is -2.26. The lowest BCUT2D eigenvalue weighted by atomic mass is 9.89. The molecule has 0 saturated heterocycles. The van der Waals surface area contributed by atoms with Gasteiger partial charge in [0.15, 0.2) is 0 Å². The first-order valence-electron chi connectivity index (χ1n) is 7.88. The Kier molecular flexibility index (Phi) is 5.68. The number of hydrogen-bond acceptors (Lipinski definition) is 1. The van der Waals surface area contributed by atoms with Gasteiger partial charge in [0.05, 0.1) is 0 Å². The summed E-state index contributed by atoms with van der Waals surface area (Å²) in [6.45, 7) is 10.5. The molecule has 3 nitrogen and oxygen atoms in total. The number of amides is 2. The molecular formula is C20H23ClN2O. The average molecular weight is 343 g/mol. The molecule has 0 radical (unpaired) electrons. The third-order valence-electron chi connectivity index (χ3n) is 4.59. The lowest BCUT2D eigenvalue weighted by Gasteiger charge is -2.17. The average Bonchev–Trinajstić information content (AvgIpc) is 2.56. The first-order chi connectivity index (χ1) is 11.3. The number of para-hydroxylation sites is 1. The predicted octanol–water partition coefficient (Wildman–Crippen LogP) is 5.59. The van der Waals surface area contributed by atoms with Crippen LogP contribution in [0.2, 0.25) is 0 Å². The van der Waals surface area contributed by atoms with Crippen molar-refractivity contribution in [2.45, 2.75) is 34.6 Å². The standard InChI is InChI=1S/C20H23ClN2O/c1-12-13(2)15(4)18(16(5)14(12)3)11-19(21)23-20(24)22-17-9-7-6-8-10-17/h6-11H,1-5H3,(H2,22,23,24)/b19-11+. The monoisotopic (exact) mass is 342 g/mol. The van der Waals surface area contributed by atoms with Crippen LogP contribution < -0.4 is 10.6 Å². The Hall–Kier alpha value is -2.26. The van der Waals surface area contributed by atoms with Gasteiger partial charge >= 0.3 is 6.03 Å². The molecule has 24 heavy (non-hydrogen) atoms. The molecule has 0 fully saturated rings. The Morgan fingerprint density at radius 3 is 1.92 bits per heavy atom. The summed E-state index contributed by atoms with van der Waals surface area (Å²) in [5, 5.41) is 5.69. The normalized spacial score (nSPS) is 11.3. The van der Waals surface area contributed by atoms with E-state index >= 15 is 0 Å². The molecule has 0 aliphatic carbocycles. The molecule has 0 spiro atoms. The van der Waals surface area contributed by atoms with Crippen molar-refractivity contribution >= 4 is 29.4 Å². The van der Waals surface area contributed by atoms with Crippen LogP contribution in [0.15, 0.2) is 35.5 Å². The molecule has 0 aliphatic heterocycles. The van der Waals surface area contributed by atoms with Crippen LogP contribution in [-0.2, 0) is 0 Å². The molecule has 0 saturated carbocycles. The predicted molar refractivity (Wildman–Crippen MR) is 103 cm³/mol. The molecule has 126 valence electrons. The molecule has 0 aliphatic rings. The summed E-state index contributed by atoms with van der Waals surface area (Å²) in [7, 11) is 0. The van der Waals surface area contributed by atoms with Gasteiger partial charge in [0.25, 0.3) is 0 Å². The van der Waals surface area contributed by atoms with E-state index in [4.69, 9.17) is 11.6 Å². The van der Waals surface area contributed by atoms with Gasteiger partial charge < -0.3 is 5.32 Å². The van der Waals surface area contributed by atoms with Crippen LogP contribution in [0.25, 0.3) is 6.08 Å². The van der Waals surface area contributed by atoms with Crippen LogP contribution in [0.1, 0.15) is 33.4 Å². The van der Waals surface area contributed by atoms with Crippen molar-refractivity contribution in [2.75, 3.05) is 5.32 Å². The fraction of sp³-hybridized carbons (Fsp3) is 0.250. The SMILES string of the molecule is Cc1c(C)c(C)c(/C=C(\Cl)NC(=O)Nc2ccccc2)c(C)c1C. The van der Waals surface area contributed by atoms with E-state index in [9.17, 15) is 4.79 Å². The maximum atomic E-state index is 12.0. The summed E-state index contributed by atoms with van der Waals surface area (Å²) >= 11 is 6.25. The second kappa shape index (κ2) is 7.54. The van der Waals surface area contributed by atoms with Crippen molar-refractivity contribution in [3.05, 3.63) is 68.9 Å². The van der Waals surface area contributed by atoms with Crippen LogP contribution in [0, 0.1) is 34.6 Å². The number of carbonyl (C=O) groups excluding carboxylic acids is 1. The van der Waals surface area contributed by atoms with Gasteiger partial charge in [-0.3, -0.25) is 5.32 Å². The zero-order valence-corrected chi connectivity index (χ0v) is 15.5. The smallest absolute Gasteiger partial charge is 0.308 e. The first-order valence-corrected chi connectivity index (χ1v) is 8.26. The van der Waals surface area contributed by atoms with Crippen molar-refractivity contribution in [3.63, 3.8) is 0 Å². The summed E-state index contributed by atoms with van der Waals surface area (Å²) < 4.78 is 0. The summed E-state index contributed by atoms with van der Waals surface area (Å²) in [5.74, 6) is 0. The van der Waals surface area contributed by atoms with Gasteiger partial charge in [-0.15, -0.1) is 0 Å². The number of halogens is 1. The topological polar surface area (TPSA) is 41.1 Å². The molecule has 2 aromatic carbocycles. The third-order valence-corrected chi connectivity index (χ3v) is 4.80. The van der Waals surface area contributed by atoms with E-state index in [1.54, 1.807) is 0 Å². The maximum Gasteiger partial charge on any atom is 0.324 e. The van der Waals surface area contributed by atoms with Gasteiger partial charge in [0, 0.05) is 5.69 Å². The number of carbonyl (C=O) groups is 1. The lowest BCUT2D eigenvalue weighted by molar-refractivity contribution is 0.255. The Bertz CT molecular complexity index is 766. The highest BCUT2D eigenvalue weighted by molar-refractivity contribution is 6.32. The molecule has 2 amide bonds. The first kappa shape index (κ1) is 18.1. The van der Waals surface area contributed by atoms with Crippen LogP contribution in [0.4, 0.5) is 10.5 Å². The minimum absolute atomic E-state index is 0.289. The van der Waals surface area contributed by atoms with Crippen LogP contribution in [-0.4, -0.2) is 6.03 Å². The van der Waals surface area contributed by atoms with Gasteiger partial charge in [0.2, 0.25) is 0 Å². The highest BCUT2D eigenvalue weighted by Gasteiger charge is 2.12. The van der Waals surface area contributed by atoms with Crippen LogP contribution in [0.5, 0.6) is 0 Å². The molecule has 2 aromatic rings. The van der Waals surface area contributed by atoms with E-state index in [0.29, 0.717) is 5.69 Å². The second-order valence-corrected chi connectivity index (χ2v) is 6.38. The number of hydrogen-bond donors (Lipinski definition) is 2. The van der Waals surface area contributed by atoms with Crippen molar-refractivity contribution in [2.24, 2.45) is 0 Å².